The fourth-order valence-corrected chi connectivity index (χ4v) is 1.99. The van der Waals surface area contributed by atoms with Gasteiger partial charge in [0.1, 0.15) is 17.7 Å². The van der Waals surface area contributed by atoms with Gasteiger partial charge < -0.3 is 15.0 Å². The van der Waals surface area contributed by atoms with Crippen molar-refractivity contribution in [1.82, 2.24) is 9.97 Å². The summed E-state index contributed by atoms with van der Waals surface area (Å²) in [4.78, 5) is 19.1. The minimum atomic E-state index is -0.137. The van der Waals surface area contributed by atoms with Gasteiger partial charge in [0.2, 0.25) is 0 Å². The van der Waals surface area contributed by atoms with E-state index >= 15 is 0 Å². The van der Waals surface area contributed by atoms with Gasteiger partial charge in [0.25, 0.3) is 5.56 Å². The average molecular weight is 223 g/mol. The number of fused-ring (bicyclic) bond motifs is 1. The van der Waals surface area contributed by atoms with E-state index in [0.717, 1.165) is 37.2 Å². The summed E-state index contributed by atoms with van der Waals surface area (Å²) in [5.41, 5.74) is 0.726. The first-order chi connectivity index (χ1) is 7.76. The zero-order valence-corrected chi connectivity index (χ0v) is 9.67. The van der Waals surface area contributed by atoms with Crippen LogP contribution in [0.25, 0.3) is 0 Å². The SMILES string of the molecule is CCC(OC)c1nc2c(c(=O)[nH]1)CCCN2. The van der Waals surface area contributed by atoms with Crippen molar-refractivity contribution < 1.29 is 4.74 Å². The number of hydrogen-bond acceptors (Lipinski definition) is 4. The third kappa shape index (κ3) is 1.95. The minimum absolute atomic E-state index is 0.0392. The maximum Gasteiger partial charge on any atom is 0.256 e. The molecule has 1 aromatic rings. The van der Waals surface area contributed by atoms with Crippen LogP contribution in [0.5, 0.6) is 0 Å². The quantitative estimate of drug-likeness (QED) is 0.808. The number of aromatic nitrogens is 2. The number of anilines is 1. The van der Waals surface area contributed by atoms with Crippen molar-refractivity contribution in [2.75, 3.05) is 19.0 Å². The molecule has 0 fully saturated rings. The predicted octanol–water partition coefficient (Wildman–Crippen LogP) is 1.23. The third-order valence-electron chi connectivity index (χ3n) is 2.89. The molecule has 0 aliphatic carbocycles. The number of aromatic amines is 1. The molecule has 0 radical (unpaired) electrons. The number of hydrogen-bond donors (Lipinski definition) is 2. The first-order valence-electron chi connectivity index (χ1n) is 5.66. The zero-order chi connectivity index (χ0) is 11.5. The molecule has 0 aromatic carbocycles. The first-order valence-corrected chi connectivity index (χ1v) is 5.66. The van der Waals surface area contributed by atoms with Crippen LogP contribution in [-0.2, 0) is 11.2 Å². The first kappa shape index (κ1) is 11.1. The van der Waals surface area contributed by atoms with Gasteiger partial charge in [0.05, 0.1) is 5.56 Å². The van der Waals surface area contributed by atoms with Crippen LogP contribution in [0.3, 0.4) is 0 Å². The summed E-state index contributed by atoms with van der Waals surface area (Å²) in [6, 6.07) is 0. The molecule has 5 nitrogen and oxygen atoms in total. The molecule has 0 bridgehead atoms. The van der Waals surface area contributed by atoms with Crippen molar-refractivity contribution in [2.45, 2.75) is 32.3 Å². The van der Waals surface area contributed by atoms with Crippen molar-refractivity contribution in [3.05, 3.63) is 21.7 Å². The lowest BCUT2D eigenvalue weighted by atomic mass is 10.1. The summed E-state index contributed by atoms with van der Waals surface area (Å²) in [6.07, 6.45) is 2.44. The number of H-pyrrole nitrogens is 1. The maximum absolute atomic E-state index is 11.8. The molecule has 1 aliphatic rings. The monoisotopic (exact) mass is 223 g/mol. The molecule has 88 valence electrons. The van der Waals surface area contributed by atoms with Gasteiger partial charge in [0, 0.05) is 13.7 Å². The van der Waals surface area contributed by atoms with Gasteiger partial charge in [-0.3, -0.25) is 4.79 Å². The zero-order valence-electron chi connectivity index (χ0n) is 9.67. The van der Waals surface area contributed by atoms with E-state index in [-0.39, 0.29) is 11.7 Å². The summed E-state index contributed by atoms with van der Waals surface area (Å²) in [7, 11) is 1.63. The van der Waals surface area contributed by atoms with Crippen LogP contribution < -0.4 is 10.9 Å². The van der Waals surface area contributed by atoms with Crippen LogP contribution >= 0.6 is 0 Å². The van der Waals surface area contributed by atoms with E-state index in [1.54, 1.807) is 7.11 Å². The Morgan fingerprint density at radius 1 is 1.56 bits per heavy atom. The van der Waals surface area contributed by atoms with Crippen LogP contribution in [0.1, 0.15) is 37.3 Å². The third-order valence-corrected chi connectivity index (χ3v) is 2.89. The van der Waals surface area contributed by atoms with Crippen LogP contribution in [0.2, 0.25) is 0 Å². The van der Waals surface area contributed by atoms with Crippen LogP contribution in [-0.4, -0.2) is 23.6 Å². The summed E-state index contributed by atoms with van der Waals surface area (Å²) < 4.78 is 5.27. The number of methoxy groups -OCH3 is 1. The fraction of sp³-hybridized carbons (Fsp3) is 0.636. The van der Waals surface area contributed by atoms with E-state index in [0.29, 0.717) is 5.82 Å². The second kappa shape index (κ2) is 4.65. The van der Waals surface area contributed by atoms with E-state index in [9.17, 15) is 4.79 Å². The molecule has 0 saturated carbocycles. The molecule has 1 aliphatic heterocycles. The lowest BCUT2D eigenvalue weighted by Crippen LogP contribution is -2.26. The van der Waals surface area contributed by atoms with Gasteiger partial charge in [0.15, 0.2) is 0 Å². The highest BCUT2D eigenvalue weighted by atomic mass is 16.5. The lowest BCUT2D eigenvalue weighted by molar-refractivity contribution is 0.0924. The summed E-state index contributed by atoms with van der Waals surface area (Å²) in [6.45, 7) is 2.88. The van der Waals surface area contributed by atoms with Crippen molar-refractivity contribution in [1.29, 1.82) is 0 Å². The lowest BCUT2D eigenvalue weighted by Gasteiger charge is -2.19. The number of rotatable bonds is 3. The summed E-state index contributed by atoms with van der Waals surface area (Å²) in [5, 5.41) is 3.16. The highest BCUT2D eigenvalue weighted by molar-refractivity contribution is 5.45. The fourth-order valence-electron chi connectivity index (χ4n) is 1.99. The van der Waals surface area contributed by atoms with E-state index in [4.69, 9.17) is 4.74 Å². The Kier molecular flexibility index (Phi) is 3.24. The summed E-state index contributed by atoms with van der Waals surface area (Å²) >= 11 is 0. The van der Waals surface area contributed by atoms with Crippen LogP contribution in [0, 0.1) is 0 Å². The van der Waals surface area contributed by atoms with Gasteiger partial charge in [-0.1, -0.05) is 6.92 Å². The number of ether oxygens (including phenoxy) is 1. The van der Waals surface area contributed by atoms with E-state index < -0.39 is 0 Å². The molecule has 1 unspecified atom stereocenters. The molecule has 0 spiro atoms. The van der Waals surface area contributed by atoms with Crippen molar-refractivity contribution in [2.24, 2.45) is 0 Å². The van der Waals surface area contributed by atoms with Crippen molar-refractivity contribution >= 4 is 5.82 Å². The van der Waals surface area contributed by atoms with E-state index in [1.165, 1.54) is 0 Å². The summed E-state index contributed by atoms with van der Waals surface area (Å²) in [5.74, 6) is 1.34. The minimum Gasteiger partial charge on any atom is -0.374 e. The molecule has 1 aromatic heterocycles. The topological polar surface area (TPSA) is 67.0 Å². The molecule has 2 N–H and O–H groups in total. The van der Waals surface area contributed by atoms with Crippen molar-refractivity contribution in [3.63, 3.8) is 0 Å². The second-order valence-electron chi connectivity index (χ2n) is 3.94. The van der Waals surface area contributed by atoms with Crippen molar-refractivity contribution in [3.8, 4) is 0 Å². The van der Waals surface area contributed by atoms with E-state index in [2.05, 4.69) is 15.3 Å². The Balaban J connectivity index is 2.42. The molecule has 5 heteroatoms. The highest BCUT2D eigenvalue weighted by Gasteiger charge is 2.18. The molecule has 2 heterocycles. The van der Waals surface area contributed by atoms with Crippen LogP contribution in [0.4, 0.5) is 5.82 Å². The highest BCUT2D eigenvalue weighted by Crippen LogP contribution is 2.20. The number of nitrogens with one attached hydrogen (secondary N) is 2. The Morgan fingerprint density at radius 2 is 2.38 bits per heavy atom. The number of nitrogens with zero attached hydrogens (tertiary/aromatic N) is 1. The Hall–Kier alpha value is -1.36. The Morgan fingerprint density at radius 3 is 3.06 bits per heavy atom. The predicted molar refractivity (Wildman–Crippen MR) is 61.7 cm³/mol. The Labute approximate surface area is 94.2 Å². The molecule has 0 amide bonds. The molecule has 2 rings (SSSR count). The van der Waals surface area contributed by atoms with Gasteiger partial charge in [-0.2, -0.15) is 0 Å². The smallest absolute Gasteiger partial charge is 0.256 e. The largest absolute Gasteiger partial charge is 0.374 e. The van der Waals surface area contributed by atoms with Crippen LogP contribution in [0.15, 0.2) is 4.79 Å². The van der Waals surface area contributed by atoms with E-state index in [1.807, 2.05) is 6.92 Å². The van der Waals surface area contributed by atoms with Gasteiger partial charge in [-0.05, 0) is 19.3 Å². The van der Waals surface area contributed by atoms with Gasteiger partial charge >= 0.3 is 0 Å². The molecule has 1 atom stereocenters. The Bertz CT molecular complexity index is 424. The molecule has 16 heavy (non-hydrogen) atoms. The second-order valence-corrected chi connectivity index (χ2v) is 3.94. The standard InChI is InChI=1S/C11H17N3O2/c1-3-8(16-2)10-13-9-7(11(15)14-10)5-4-6-12-9/h8H,3-6H2,1-2H3,(H2,12,13,14,15). The van der Waals surface area contributed by atoms with Gasteiger partial charge in [-0.25, -0.2) is 4.98 Å². The molecular formula is C11H17N3O2. The molecular weight excluding hydrogens is 206 g/mol. The average Bonchev–Trinajstić information content (AvgIpc) is 2.31. The molecule has 0 saturated heterocycles. The van der Waals surface area contributed by atoms with Gasteiger partial charge in [-0.15, -0.1) is 0 Å². The normalized spacial score (nSPS) is 16.4. The maximum atomic E-state index is 11.8.